The Morgan fingerprint density at radius 3 is 2.95 bits per heavy atom. The lowest BCUT2D eigenvalue weighted by atomic mass is 10.1. The Bertz CT molecular complexity index is 569. The number of rotatable bonds is 3. The van der Waals surface area contributed by atoms with Crippen molar-refractivity contribution in [2.75, 3.05) is 6.61 Å². The third kappa shape index (κ3) is 2.39. The van der Waals surface area contributed by atoms with Gasteiger partial charge in [0.1, 0.15) is 24.9 Å². The summed E-state index contributed by atoms with van der Waals surface area (Å²) in [5, 5.41) is 4.03. The maximum atomic E-state index is 6.18. The number of hydrogen-bond donors (Lipinski definition) is 1. The quantitative estimate of drug-likeness (QED) is 0.871. The van der Waals surface area contributed by atoms with E-state index in [2.05, 4.69) is 10.1 Å². The molecular weight excluding hydrogens is 244 g/mol. The molecule has 2 unspecified atom stereocenters. The zero-order valence-corrected chi connectivity index (χ0v) is 10.7. The number of nitrogens with two attached hydrogens (primary N) is 1. The van der Waals surface area contributed by atoms with Crippen LogP contribution >= 0.6 is 0 Å². The van der Waals surface area contributed by atoms with Crippen molar-refractivity contribution in [3.05, 3.63) is 36.4 Å². The predicted octanol–water partition coefficient (Wildman–Crippen LogP) is 0.525. The molecule has 0 spiro atoms. The number of fused-ring (bicyclic) bond motifs is 1. The second-order valence-electron chi connectivity index (χ2n) is 4.58. The zero-order valence-electron chi connectivity index (χ0n) is 10.7. The molecule has 6 nitrogen and oxygen atoms in total. The summed E-state index contributed by atoms with van der Waals surface area (Å²) in [7, 11) is 1.85. The molecule has 1 aromatic heterocycles. The predicted molar refractivity (Wildman–Crippen MR) is 69.0 cm³/mol. The molecule has 0 fully saturated rings. The molecule has 0 saturated carbocycles. The summed E-state index contributed by atoms with van der Waals surface area (Å²) in [4.78, 5) is 4.17. The number of para-hydroxylation sites is 2. The Morgan fingerprint density at radius 2 is 2.21 bits per heavy atom. The molecule has 2 aromatic rings. The van der Waals surface area contributed by atoms with E-state index in [1.54, 1.807) is 4.68 Å². The van der Waals surface area contributed by atoms with E-state index in [1.165, 1.54) is 6.33 Å². The first-order valence-corrected chi connectivity index (χ1v) is 6.21. The van der Waals surface area contributed by atoms with Crippen molar-refractivity contribution < 1.29 is 9.47 Å². The van der Waals surface area contributed by atoms with E-state index in [1.807, 2.05) is 31.3 Å². The molecular formula is C13H16N4O2. The molecule has 1 aliphatic heterocycles. The summed E-state index contributed by atoms with van der Waals surface area (Å²) in [5.74, 6) is 2.35. The van der Waals surface area contributed by atoms with Gasteiger partial charge in [-0.05, 0) is 12.1 Å². The minimum atomic E-state index is -0.184. The normalized spacial score (nSPS) is 19.2. The average Bonchev–Trinajstić information content (AvgIpc) is 2.84. The van der Waals surface area contributed by atoms with Crippen molar-refractivity contribution in [3.63, 3.8) is 0 Å². The monoisotopic (exact) mass is 260 g/mol. The summed E-state index contributed by atoms with van der Waals surface area (Å²) in [6.07, 6.45) is 1.95. The van der Waals surface area contributed by atoms with Crippen LogP contribution in [-0.2, 0) is 13.5 Å². The molecule has 2 atom stereocenters. The van der Waals surface area contributed by atoms with E-state index in [0.29, 0.717) is 13.0 Å². The van der Waals surface area contributed by atoms with Gasteiger partial charge in [-0.2, -0.15) is 5.10 Å². The Balaban J connectivity index is 1.69. The molecule has 100 valence electrons. The van der Waals surface area contributed by atoms with Gasteiger partial charge in [-0.1, -0.05) is 12.1 Å². The van der Waals surface area contributed by atoms with Crippen LogP contribution in [0.3, 0.4) is 0 Å². The first-order chi connectivity index (χ1) is 9.24. The van der Waals surface area contributed by atoms with Crippen LogP contribution < -0.4 is 15.2 Å². The van der Waals surface area contributed by atoms with E-state index >= 15 is 0 Å². The fraction of sp³-hybridized carbons (Fsp3) is 0.385. The second kappa shape index (κ2) is 4.89. The fourth-order valence-electron chi connectivity index (χ4n) is 2.09. The average molecular weight is 260 g/mol. The molecule has 19 heavy (non-hydrogen) atoms. The molecule has 1 aromatic carbocycles. The van der Waals surface area contributed by atoms with Gasteiger partial charge < -0.3 is 15.2 Å². The Hall–Kier alpha value is -2.08. The fourth-order valence-corrected chi connectivity index (χ4v) is 2.09. The second-order valence-corrected chi connectivity index (χ2v) is 4.58. The number of ether oxygens (including phenoxy) is 2. The van der Waals surface area contributed by atoms with Crippen LogP contribution in [0.2, 0.25) is 0 Å². The molecule has 0 saturated heterocycles. The van der Waals surface area contributed by atoms with Gasteiger partial charge in [0.2, 0.25) is 0 Å². The highest BCUT2D eigenvalue weighted by molar-refractivity contribution is 5.40. The van der Waals surface area contributed by atoms with E-state index in [9.17, 15) is 0 Å². The van der Waals surface area contributed by atoms with Crippen LogP contribution in [0.1, 0.15) is 5.82 Å². The molecule has 0 aliphatic carbocycles. The SMILES string of the molecule is Cn1ncnc1CC(N)C1COc2ccccc2O1. The van der Waals surface area contributed by atoms with E-state index in [4.69, 9.17) is 15.2 Å². The van der Waals surface area contributed by atoms with Crippen molar-refractivity contribution in [1.29, 1.82) is 0 Å². The molecule has 0 amide bonds. The van der Waals surface area contributed by atoms with Gasteiger partial charge in [0, 0.05) is 13.5 Å². The van der Waals surface area contributed by atoms with Crippen LogP contribution in [0.25, 0.3) is 0 Å². The molecule has 6 heteroatoms. The van der Waals surface area contributed by atoms with Gasteiger partial charge in [-0.15, -0.1) is 0 Å². The summed E-state index contributed by atoms with van der Waals surface area (Å²) in [6, 6.07) is 7.42. The highest BCUT2D eigenvalue weighted by Crippen LogP contribution is 2.31. The number of aromatic nitrogens is 3. The van der Waals surface area contributed by atoms with Gasteiger partial charge in [0.05, 0.1) is 6.04 Å². The van der Waals surface area contributed by atoms with Crippen molar-refractivity contribution in [3.8, 4) is 11.5 Å². The van der Waals surface area contributed by atoms with Gasteiger partial charge >= 0.3 is 0 Å². The van der Waals surface area contributed by atoms with Gasteiger partial charge in [0.15, 0.2) is 11.5 Å². The van der Waals surface area contributed by atoms with E-state index < -0.39 is 0 Å². The molecule has 2 heterocycles. The van der Waals surface area contributed by atoms with Crippen molar-refractivity contribution in [2.45, 2.75) is 18.6 Å². The van der Waals surface area contributed by atoms with Gasteiger partial charge in [-0.3, -0.25) is 4.68 Å². The van der Waals surface area contributed by atoms with Crippen LogP contribution in [0, 0.1) is 0 Å². The highest BCUT2D eigenvalue weighted by atomic mass is 16.6. The summed E-state index contributed by atoms with van der Waals surface area (Å²) in [6.45, 7) is 0.454. The number of benzene rings is 1. The van der Waals surface area contributed by atoms with Crippen LogP contribution in [0.4, 0.5) is 0 Å². The molecule has 3 rings (SSSR count). The minimum absolute atomic E-state index is 0.174. The topological polar surface area (TPSA) is 75.2 Å². The lowest BCUT2D eigenvalue weighted by molar-refractivity contribution is 0.0716. The molecule has 1 aliphatic rings. The summed E-state index contributed by atoms with van der Waals surface area (Å²) in [5.41, 5.74) is 6.18. The number of nitrogens with zero attached hydrogens (tertiary/aromatic N) is 3. The zero-order chi connectivity index (χ0) is 13.2. The van der Waals surface area contributed by atoms with Crippen molar-refractivity contribution >= 4 is 0 Å². The van der Waals surface area contributed by atoms with Gasteiger partial charge in [-0.25, -0.2) is 4.98 Å². The third-order valence-corrected chi connectivity index (χ3v) is 3.23. The molecule has 0 bridgehead atoms. The molecule has 2 N–H and O–H groups in total. The standard InChI is InChI=1S/C13H16N4O2/c1-17-13(15-8-16-17)6-9(14)12-7-18-10-4-2-3-5-11(10)19-12/h2-5,8-9,12H,6-7,14H2,1H3. The Kier molecular flexibility index (Phi) is 3.08. The first kappa shape index (κ1) is 12.0. The Labute approximate surface area is 111 Å². The molecule has 0 radical (unpaired) electrons. The highest BCUT2D eigenvalue weighted by Gasteiger charge is 2.27. The van der Waals surface area contributed by atoms with Gasteiger partial charge in [0.25, 0.3) is 0 Å². The largest absolute Gasteiger partial charge is 0.486 e. The summed E-state index contributed by atoms with van der Waals surface area (Å²) < 4.78 is 13.3. The van der Waals surface area contributed by atoms with Crippen LogP contribution in [-0.4, -0.2) is 33.5 Å². The lowest BCUT2D eigenvalue weighted by Gasteiger charge is -2.30. The smallest absolute Gasteiger partial charge is 0.161 e. The van der Waals surface area contributed by atoms with E-state index in [0.717, 1.165) is 17.3 Å². The number of aryl methyl sites for hydroxylation is 1. The minimum Gasteiger partial charge on any atom is -0.486 e. The third-order valence-electron chi connectivity index (χ3n) is 3.23. The number of hydrogen-bond acceptors (Lipinski definition) is 5. The maximum Gasteiger partial charge on any atom is 0.161 e. The van der Waals surface area contributed by atoms with Crippen molar-refractivity contribution in [2.24, 2.45) is 12.8 Å². The van der Waals surface area contributed by atoms with Crippen LogP contribution in [0.5, 0.6) is 11.5 Å². The lowest BCUT2D eigenvalue weighted by Crippen LogP contribution is -2.46. The maximum absolute atomic E-state index is 6.18. The first-order valence-electron chi connectivity index (χ1n) is 6.21. The van der Waals surface area contributed by atoms with E-state index in [-0.39, 0.29) is 12.1 Å². The van der Waals surface area contributed by atoms with Crippen LogP contribution in [0.15, 0.2) is 30.6 Å². The Morgan fingerprint density at radius 1 is 1.42 bits per heavy atom. The van der Waals surface area contributed by atoms with Crippen molar-refractivity contribution in [1.82, 2.24) is 14.8 Å². The summed E-state index contributed by atoms with van der Waals surface area (Å²) >= 11 is 0.